The monoisotopic (exact) mass is 270 g/mol. The summed E-state index contributed by atoms with van der Waals surface area (Å²) >= 11 is 0. The second kappa shape index (κ2) is 6.75. The summed E-state index contributed by atoms with van der Waals surface area (Å²) in [5.41, 5.74) is 2.77. The van der Waals surface area contributed by atoms with Crippen molar-refractivity contribution < 1.29 is 14.6 Å². The molecular formula is C17H18O3. The Morgan fingerprint density at radius 3 is 2.40 bits per heavy atom. The number of carbonyl (C=O) groups excluding carboxylic acids is 1. The van der Waals surface area contributed by atoms with E-state index in [1.54, 1.807) is 19.1 Å². The third kappa shape index (κ3) is 3.38. The number of esters is 1. The Hall–Kier alpha value is -2.29. The number of hydrogen-bond donors (Lipinski definition) is 1. The van der Waals surface area contributed by atoms with Gasteiger partial charge >= 0.3 is 5.97 Å². The van der Waals surface area contributed by atoms with Crippen molar-refractivity contribution >= 4 is 5.97 Å². The van der Waals surface area contributed by atoms with Gasteiger partial charge in [-0.15, -0.1) is 0 Å². The molecular weight excluding hydrogens is 252 g/mol. The molecule has 2 aromatic rings. The first-order chi connectivity index (χ1) is 9.72. The van der Waals surface area contributed by atoms with Gasteiger partial charge in [-0.05, 0) is 30.5 Å². The minimum Gasteiger partial charge on any atom is -0.507 e. The molecule has 0 heterocycles. The summed E-state index contributed by atoms with van der Waals surface area (Å²) in [6.07, 6.45) is 0.946. The SMILES string of the molecule is CCOC(=O)CCc1ccccc1-c1ccccc1O. The number of carbonyl (C=O) groups is 1. The molecule has 0 saturated heterocycles. The van der Waals surface area contributed by atoms with Crippen molar-refractivity contribution in [1.82, 2.24) is 0 Å². The van der Waals surface area contributed by atoms with Crippen molar-refractivity contribution in [1.29, 1.82) is 0 Å². The van der Waals surface area contributed by atoms with Crippen LogP contribution in [0.1, 0.15) is 18.9 Å². The van der Waals surface area contributed by atoms with Crippen LogP contribution in [0, 0.1) is 0 Å². The summed E-state index contributed by atoms with van der Waals surface area (Å²) in [5.74, 6) is 0.0515. The maximum atomic E-state index is 11.5. The van der Waals surface area contributed by atoms with E-state index in [4.69, 9.17) is 4.74 Å². The summed E-state index contributed by atoms with van der Waals surface area (Å²) in [7, 11) is 0. The molecule has 0 aliphatic heterocycles. The maximum absolute atomic E-state index is 11.5. The normalized spacial score (nSPS) is 10.2. The molecule has 0 aromatic heterocycles. The van der Waals surface area contributed by atoms with E-state index in [-0.39, 0.29) is 11.7 Å². The molecule has 20 heavy (non-hydrogen) atoms. The summed E-state index contributed by atoms with van der Waals surface area (Å²) in [6.45, 7) is 2.20. The number of phenolic OH excluding ortho intramolecular Hbond substituents is 1. The second-order valence-corrected chi connectivity index (χ2v) is 4.48. The van der Waals surface area contributed by atoms with Crippen molar-refractivity contribution in [2.75, 3.05) is 6.61 Å². The van der Waals surface area contributed by atoms with Crippen molar-refractivity contribution in [3.63, 3.8) is 0 Å². The quantitative estimate of drug-likeness (QED) is 0.845. The van der Waals surface area contributed by atoms with E-state index in [9.17, 15) is 9.90 Å². The van der Waals surface area contributed by atoms with Crippen LogP contribution < -0.4 is 0 Å². The molecule has 0 aliphatic carbocycles. The highest BCUT2D eigenvalue weighted by molar-refractivity contribution is 5.74. The van der Waals surface area contributed by atoms with Crippen molar-refractivity contribution in [3.8, 4) is 16.9 Å². The first-order valence-corrected chi connectivity index (χ1v) is 6.74. The fourth-order valence-electron chi connectivity index (χ4n) is 2.17. The zero-order chi connectivity index (χ0) is 14.4. The minimum absolute atomic E-state index is 0.195. The highest BCUT2D eigenvalue weighted by atomic mass is 16.5. The molecule has 0 bridgehead atoms. The van der Waals surface area contributed by atoms with Gasteiger partial charge in [0.2, 0.25) is 0 Å². The highest BCUT2D eigenvalue weighted by Crippen LogP contribution is 2.31. The van der Waals surface area contributed by atoms with E-state index in [2.05, 4.69) is 0 Å². The molecule has 0 atom stereocenters. The molecule has 0 amide bonds. The van der Waals surface area contributed by atoms with Gasteiger partial charge in [0.15, 0.2) is 0 Å². The number of rotatable bonds is 5. The Morgan fingerprint density at radius 1 is 1.05 bits per heavy atom. The van der Waals surface area contributed by atoms with Gasteiger partial charge in [-0.1, -0.05) is 42.5 Å². The van der Waals surface area contributed by atoms with E-state index >= 15 is 0 Å². The lowest BCUT2D eigenvalue weighted by Gasteiger charge is -2.10. The zero-order valence-corrected chi connectivity index (χ0v) is 11.5. The summed E-state index contributed by atoms with van der Waals surface area (Å²) in [5, 5.41) is 9.96. The lowest BCUT2D eigenvalue weighted by Crippen LogP contribution is -2.05. The summed E-state index contributed by atoms with van der Waals surface area (Å²) in [6, 6.07) is 15.0. The van der Waals surface area contributed by atoms with E-state index < -0.39 is 0 Å². The van der Waals surface area contributed by atoms with Crippen LogP contribution in [-0.4, -0.2) is 17.7 Å². The van der Waals surface area contributed by atoms with Crippen LogP contribution in [-0.2, 0) is 16.0 Å². The number of aryl methyl sites for hydroxylation is 1. The lowest BCUT2D eigenvalue weighted by molar-refractivity contribution is -0.143. The van der Waals surface area contributed by atoms with E-state index in [1.165, 1.54) is 0 Å². The van der Waals surface area contributed by atoms with Gasteiger partial charge in [-0.2, -0.15) is 0 Å². The molecule has 0 spiro atoms. The Morgan fingerprint density at radius 2 is 1.70 bits per heavy atom. The number of aromatic hydroxyl groups is 1. The number of hydrogen-bond acceptors (Lipinski definition) is 3. The minimum atomic E-state index is -0.195. The van der Waals surface area contributed by atoms with E-state index in [1.807, 2.05) is 36.4 Å². The third-order valence-electron chi connectivity index (χ3n) is 3.12. The molecule has 104 valence electrons. The van der Waals surface area contributed by atoms with Crippen LogP contribution in [0.5, 0.6) is 5.75 Å². The van der Waals surface area contributed by atoms with Gasteiger partial charge in [-0.3, -0.25) is 4.79 Å². The van der Waals surface area contributed by atoms with Crippen LogP contribution in [0.25, 0.3) is 11.1 Å². The number of para-hydroxylation sites is 1. The molecule has 0 aliphatic rings. The van der Waals surface area contributed by atoms with Gasteiger partial charge < -0.3 is 9.84 Å². The first kappa shape index (κ1) is 14.1. The molecule has 3 heteroatoms. The van der Waals surface area contributed by atoms with Gasteiger partial charge in [0, 0.05) is 12.0 Å². The molecule has 0 unspecified atom stereocenters. The average molecular weight is 270 g/mol. The fraction of sp³-hybridized carbons (Fsp3) is 0.235. The molecule has 3 nitrogen and oxygen atoms in total. The predicted molar refractivity (Wildman–Crippen MR) is 78.5 cm³/mol. The predicted octanol–water partition coefficient (Wildman–Crippen LogP) is 3.55. The molecule has 0 radical (unpaired) electrons. The van der Waals surface area contributed by atoms with Crippen LogP contribution >= 0.6 is 0 Å². The maximum Gasteiger partial charge on any atom is 0.306 e. The molecule has 2 rings (SSSR count). The molecule has 1 N–H and O–H groups in total. The third-order valence-corrected chi connectivity index (χ3v) is 3.12. The van der Waals surface area contributed by atoms with Gasteiger partial charge in [0.25, 0.3) is 0 Å². The largest absolute Gasteiger partial charge is 0.507 e. The smallest absolute Gasteiger partial charge is 0.306 e. The van der Waals surface area contributed by atoms with Gasteiger partial charge in [0.05, 0.1) is 6.61 Å². The molecule has 2 aromatic carbocycles. The standard InChI is InChI=1S/C17H18O3/c1-2-20-17(19)12-11-13-7-3-4-8-14(13)15-9-5-6-10-16(15)18/h3-10,18H,2,11-12H2,1H3. The Bertz CT molecular complexity index is 590. The van der Waals surface area contributed by atoms with Crippen LogP contribution in [0.2, 0.25) is 0 Å². The van der Waals surface area contributed by atoms with Crippen molar-refractivity contribution in [3.05, 3.63) is 54.1 Å². The van der Waals surface area contributed by atoms with E-state index in [0.29, 0.717) is 19.4 Å². The Balaban J connectivity index is 2.23. The number of benzene rings is 2. The molecule has 0 fully saturated rings. The Kier molecular flexibility index (Phi) is 4.77. The van der Waals surface area contributed by atoms with E-state index in [0.717, 1.165) is 16.7 Å². The van der Waals surface area contributed by atoms with Crippen molar-refractivity contribution in [2.24, 2.45) is 0 Å². The summed E-state index contributed by atoms with van der Waals surface area (Å²) < 4.78 is 4.94. The van der Waals surface area contributed by atoms with Crippen LogP contribution in [0.3, 0.4) is 0 Å². The van der Waals surface area contributed by atoms with Crippen LogP contribution in [0.4, 0.5) is 0 Å². The van der Waals surface area contributed by atoms with Crippen LogP contribution in [0.15, 0.2) is 48.5 Å². The van der Waals surface area contributed by atoms with Gasteiger partial charge in [0.1, 0.15) is 5.75 Å². The van der Waals surface area contributed by atoms with Gasteiger partial charge in [-0.25, -0.2) is 0 Å². The Labute approximate surface area is 118 Å². The summed E-state index contributed by atoms with van der Waals surface area (Å²) in [4.78, 5) is 11.5. The lowest BCUT2D eigenvalue weighted by atomic mass is 9.96. The van der Waals surface area contributed by atoms with Crippen molar-refractivity contribution in [2.45, 2.75) is 19.8 Å². The fourth-order valence-corrected chi connectivity index (χ4v) is 2.17. The topological polar surface area (TPSA) is 46.5 Å². The average Bonchev–Trinajstić information content (AvgIpc) is 2.46. The highest BCUT2D eigenvalue weighted by Gasteiger charge is 2.10. The second-order valence-electron chi connectivity index (χ2n) is 4.48. The zero-order valence-electron chi connectivity index (χ0n) is 11.5. The first-order valence-electron chi connectivity index (χ1n) is 6.74. The number of phenols is 1. The molecule has 0 saturated carbocycles. The number of ether oxygens (including phenoxy) is 1.